The first-order valence-electron chi connectivity index (χ1n) is 8.29. The van der Waals surface area contributed by atoms with Gasteiger partial charge in [0.2, 0.25) is 0 Å². The van der Waals surface area contributed by atoms with Crippen LogP contribution in [0.15, 0.2) is 23.2 Å². The Morgan fingerprint density at radius 3 is 2.64 bits per heavy atom. The number of nitrogens with two attached hydrogens (primary N) is 1. The summed E-state index contributed by atoms with van der Waals surface area (Å²) in [5.74, 6) is 1.51. The van der Waals surface area contributed by atoms with Crippen LogP contribution in [-0.4, -0.2) is 69.2 Å². The first-order chi connectivity index (χ1) is 11.5. The van der Waals surface area contributed by atoms with Gasteiger partial charge >= 0.3 is 0 Å². The molecule has 142 valence electrons. The van der Waals surface area contributed by atoms with Crippen molar-refractivity contribution in [2.45, 2.75) is 6.92 Å². The first-order valence-corrected chi connectivity index (χ1v) is 8.67. The highest BCUT2D eigenvalue weighted by Gasteiger charge is 2.15. The highest BCUT2D eigenvalue weighted by Crippen LogP contribution is 2.27. The van der Waals surface area contributed by atoms with Crippen molar-refractivity contribution >= 4 is 47.2 Å². The molecule has 0 saturated carbocycles. The highest BCUT2D eigenvalue weighted by atomic mass is 127. The zero-order valence-corrected chi connectivity index (χ0v) is 18.3. The maximum Gasteiger partial charge on any atom is 0.193 e. The van der Waals surface area contributed by atoms with Crippen molar-refractivity contribution in [3.05, 3.63) is 23.2 Å². The number of guanidine groups is 1. The van der Waals surface area contributed by atoms with E-state index >= 15 is 0 Å². The second kappa shape index (κ2) is 11.1. The lowest BCUT2D eigenvalue weighted by molar-refractivity contribution is 0.140. The van der Waals surface area contributed by atoms with Crippen LogP contribution < -0.4 is 15.8 Å². The number of anilines is 1. The fourth-order valence-corrected chi connectivity index (χ4v) is 2.97. The van der Waals surface area contributed by atoms with Gasteiger partial charge in [0.1, 0.15) is 5.75 Å². The molecule has 1 unspecified atom stereocenters. The SMILES string of the molecule is COc1ccc(NC(N)=NCC(C)CN2CCN(C)CC2)cc1Cl.I. The van der Waals surface area contributed by atoms with Crippen LogP contribution in [0.4, 0.5) is 5.69 Å². The van der Waals surface area contributed by atoms with Crippen LogP contribution in [0, 0.1) is 5.92 Å². The summed E-state index contributed by atoms with van der Waals surface area (Å²) < 4.78 is 5.13. The van der Waals surface area contributed by atoms with Crippen molar-refractivity contribution in [3.8, 4) is 5.75 Å². The third kappa shape index (κ3) is 7.55. The van der Waals surface area contributed by atoms with Crippen LogP contribution in [0.2, 0.25) is 5.02 Å². The summed E-state index contributed by atoms with van der Waals surface area (Å²) in [6.45, 7) is 8.49. The van der Waals surface area contributed by atoms with E-state index in [1.165, 1.54) is 0 Å². The number of rotatable bonds is 6. The number of methoxy groups -OCH3 is 1. The Morgan fingerprint density at radius 2 is 2.04 bits per heavy atom. The molecular weight excluding hydrogens is 453 g/mol. The third-order valence-corrected chi connectivity index (χ3v) is 4.46. The van der Waals surface area contributed by atoms with E-state index in [-0.39, 0.29) is 24.0 Å². The van der Waals surface area contributed by atoms with Crippen LogP contribution in [0.3, 0.4) is 0 Å². The summed E-state index contributed by atoms with van der Waals surface area (Å²) in [4.78, 5) is 9.30. The molecule has 1 aliphatic heterocycles. The number of hydrogen-bond donors (Lipinski definition) is 2. The zero-order valence-electron chi connectivity index (χ0n) is 15.2. The number of ether oxygens (including phenoxy) is 1. The van der Waals surface area contributed by atoms with E-state index in [9.17, 15) is 0 Å². The van der Waals surface area contributed by atoms with Gasteiger partial charge in [0.05, 0.1) is 12.1 Å². The topological polar surface area (TPSA) is 66.1 Å². The maximum atomic E-state index is 6.10. The highest BCUT2D eigenvalue weighted by molar-refractivity contribution is 14.0. The molecule has 1 aliphatic rings. The van der Waals surface area contributed by atoms with Gasteiger partial charge in [0.15, 0.2) is 5.96 Å². The molecule has 25 heavy (non-hydrogen) atoms. The number of halogens is 2. The van der Waals surface area contributed by atoms with Gasteiger partial charge < -0.3 is 25.6 Å². The van der Waals surface area contributed by atoms with Gasteiger partial charge in [0.25, 0.3) is 0 Å². The first kappa shape index (κ1) is 22.3. The molecule has 1 fully saturated rings. The van der Waals surface area contributed by atoms with Crippen LogP contribution in [0.25, 0.3) is 0 Å². The average molecular weight is 482 g/mol. The zero-order chi connectivity index (χ0) is 17.5. The Labute approximate surface area is 172 Å². The third-order valence-electron chi connectivity index (χ3n) is 4.16. The van der Waals surface area contributed by atoms with Gasteiger partial charge in [-0.3, -0.25) is 4.99 Å². The molecule has 0 aromatic heterocycles. The second-order valence-corrected chi connectivity index (χ2v) is 6.82. The summed E-state index contributed by atoms with van der Waals surface area (Å²) in [5.41, 5.74) is 6.77. The second-order valence-electron chi connectivity index (χ2n) is 6.41. The fraction of sp³-hybridized carbons (Fsp3) is 0.588. The average Bonchev–Trinajstić information content (AvgIpc) is 2.55. The summed E-state index contributed by atoms with van der Waals surface area (Å²) >= 11 is 6.10. The van der Waals surface area contributed by atoms with E-state index in [0.29, 0.717) is 29.2 Å². The largest absolute Gasteiger partial charge is 0.495 e. The van der Waals surface area contributed by atoms with Crippen molar-refractivity contribution < 1.29 is 4.74 Å². The molecule has 3 N–H and O–H groups in total. The summed E-state index contributed by atoms with van der Waals surface area (Å²) in [6.07, 6.45) is 0. The van der Waals surface area contributed by atoms with E-state index in [0.717, 1.165) is 38.4 Å². The lowest BCUT2D eigenvalue weighted by Crippen LogP contribution is -2.46. The van der Waals surface area contributed by atoms with Gasteiger partial charge in [-0.05, 0) is 31.2 Å². The number of hydrogen-bond acceptors (Lipinski definition) is 4. The standard InChI is InChI=1S/C17H28ClN5O.HI/c1-13(12-23-8-6-22(2)7-9-23)11-20-17(19)21-14-4-5-16(24-3)15(18)10-14;/h4-5,10,13H,6-9,11-12H2,1-3H3,(H3,19,20,21);1H. The molecule has 0 amide bonds. The van der Waals surface area contributed by atoms with E-state index in [4.69, 9.17) is 22.1 Å². The Morgan fingerprint density at radius 1 is 1.36 bits per heavy atom. The molecule has 1 heterocycles. The van der Waals surface area contributed by atoms with E-state index in [2.05, 4.69) is 34.1 Å². The lowest BCUT2D eigenvalue weighted by Gasteiger charge is -2.33. The Kier molecular flexibility index (Phi) is 9.84. The summed E-state index contributed by atoms with van der Waals surface area (Å²) in [6, 6.07) is 5.44. The van der Waals surface area contributed by atoms with Crippen molar-refractivity contribution in [1.29, 1.82) is 0 Å². The summed E-state index contributed by atoms with van der Waals surface area (Å²) in [5, 5.41) is 3.61. The molecule has 1 atom stereocenters. The van der Waals surface area contributed by atoms with Gasteiger partial charge in [-0.1, -0.05) is 18.5 Å². The maximum absolute atomic E-state index is 6.10. The van der Waals surface area contributed by atoms with Crippen LogP contribution in [-0.2, 0) is 0 Å². The lowest BCUT2D eigenvalue weighted by atomic mass is 10.1. The molecule has 0 radical (unpaired) electrons. The van der Waals surface area contributed by atoms with Crippen molar-refractivity contribution in [1.82, 2.24) is 9.80 Å². The normalized spacial score (nSPS) is 17.7. The molecular formula is C17H29ClIN5O. The number of likely N-dealkylation sites (N-methyl/N-ethyl adjacent to an activating group) is 1. The number of benzene rings is 1. The molecule has 8 heteroatoms. The predicted molar refractivity (Wildman–Crippen MR) is 117 cm³/mol. The quantitative estimate of drug-likeness (QED) is 0.371. The molecule has 0 spiro atoms. The van der Waals surface area contributed by atoms with Crippen LogP contribution >= 0.6 is 35.6 Å². The Balaban J connectivity index is 0.00000312. The van der Waals surface area contributed by atoms with Crippen LogP contribution in [0.1, 0.15) is 6.92 Å². The summed E-state index contributed by atoms with van der Waals surface area (Å²) in [7, 11) is 3.76. The van der Waals surface area contributed by atoms with Crippen molar-refractivity contribution in [2.75, 3.05) is 58.7 Å². The van der Waals surface area contributed by atoms with Gasteiger partial charge in [-0.25, -0.2) is 0 Å². The number of aliphatic imine (C=N–C) groups is 1. The molecule has 1 aromatic carbocycles. The predicted octanol–water partition coefficient (Wildman–Crippen LogP) is 2.58. The van der Waals surface area contributed by atoms with Gasteiger partial charge in [0, 0.05) is 45.0 Å². The molecule has 0 bridgehead atoms. The molecule has 0 aliphatic carbocycles. The van der Waals surface area contributed by atoms with Gasteiger partial charge in [-0.2, -0.15) is 0 Å². The minimum absolute atomic E-state index is 0. The van der Waals surface area contributed by atoms with Gasteiger partial charge in [-0.15, -0.1) is 24.0 Å². The molecule has 1 saturated heterocycles. The number of nitrogens with zero attached hydrogens (tertiary/aromatic N) is 3. The van der Waals surface area contributed by atoms with Crippen molar-refractivity contribution in [2.24, 2.45) is 16.6 Å². The monoisotopic (exact) mass is 481 g/mol. The van der Waals surface area contributed by atoms with E-state index in [1.54, 1.807) is 19.2 Å². The molecule has 2 rings (SSSR count). The fourth-order valence-electron chi connectivity index (χ4n) is 2.71. The molecule has 1 aromatic rings. The van der Waals surface area contributed by atoms with Crippen LogP contribution in [0.5, 0.6) is 5.75 Å². The van der Waals surface area contributed by atoms with E-state index < -0.39 is 0 Å². The van der Waals surface area contributed by atoms with Crippen molar-refractivity contribution in [3.63, 3.8) is 0 Å². The minimum Gasteiger partial charge on any atom is -0.495 e. The smallest absolute Gasteiger partial charge is 0.193 e. The number of nitrogens with one attached hydrogen (secondary N) is 1. The molecule has 6 nitrogen and oxygen atoms in total. The Bertz CT molecular complexity index is 564. The number of piperazine rings is 1. The Hall–Kier alpha value is -0.770. The minimum atomic E-state index is 0. The van der Waals surface area contributed by atoms with E-state index in [1.807, 2.05) is 6.07 Å².